The number of halogens is 2. The van der Waals surface area contributed by atoms with Gasteiger partial charge in [-0.2, -0.15) is 8.78 Å². The summed E-state index contributed by atoms with van der Waals surface area (Å²) in [4.78, 5) is 29.0. The molecule has 0 unspecified atom stereocenters. The molecule has 2 amide bonds. The summed E-state index contributed by atoms with van der Waals surface area (Å²) in [5.41, 5.74) is 2.00. The number of nitrogens with one attached hydrogen (secondary N) is 2. The number of carbonyl (C=O) groups is 2. The lowest BCUT2D eigenvalue weighted by atomic mass is 9.95. The van der Waals surface area contributed by atoms with Crippen molar-refractivity contribution in [1.29, 1.82) is 0 Å². The minimum atomic E-state index is -3.12. The summed E-state index contributed by atoms with van der Waals surface area (Å²) in [5.74, 6) is -1.76. The predicted octanol–water partition coefficient (Wildman–Crippen LogP) is 2.49. The molecule has 0 atom stereocenters. The molecule has 1 aliphatic rings. The van der Waals surface area contributed by atoms with E-state index in [2.05, 4.69) is 15.6 Å². The Kier molecular flexibility index (Phi) is 5.12. The number of aryl methyl sites for hydroxylation is 2. The van der Waals surface area contributed by atoms with Gasteiger partial charge in [0.1, 0.15) is 5.00 Å². The summed E-state index contributed by atoms with van der Waals surface area (Å²) in [6.07, 6.45) is 3.59. The quantitative estimate of drug-likeness (QED) is 0.851. The number of hydrogen-bond donors (Lipinski definition) is 2. The van der Waals surface area contributed by atoms with Crippen LogP contribution >= 0.6 is 11.3 Å². The van der Waals surface area contributed by atoms with Gasteiger partial charge in [0, 0.05) is 18.1 Å². The van der Waals surface area contributed by atoms with Gasteiger partial charge < -0.3 is 15.2 Å². The number of nitrogens with zero attached hydrogens (tertiary/aromatic N) is 2. The number of amides is 2. The summed E-state index contributed by atoms with van der Waals surface area (Å²) in [6, 6.07) is 0. The van der Waals surface area contributed by atoms with Crippen molar-refractivity contribution in [2.24, 2.45) is 7.05 Å². The number of fused-ring (bicyclic) bond motifs is 1. The third kappa shape index (κ3) is 3.71. The summed E-state index contributed by atoms with van der Waals surface area (Å²) in [7, 11) is 1.81. The topological polar surface area (TPSA) is 76.0 Å². The lowest BCUT2D eigenvalue weighted by Gasteiger charge is -2.13. The smallest absolute Gasteiger partial charge is 0.315 e. The van der Waals surface area contributed by atoms with Crippen molar-refractivity contribution < 1.29 is 18.4 Å². The van der Waals surface area contributed by atoms with Gasteiger partial charge in [-0.15, -0.1) is 11.3 Å². The number of carbonyl (C=O) groups excluding carboxylic acids is 2. The molecule has 0 fully saturated rings. The molecule has 0 aliphatic heterocycles. The molecule has 2 heterocycles. The van der Waals surface area contributed by atoms with Crippen LogP contribution < -0.4 is 10.6 Å². The van der Waals surface area contributed by atoms with Crippen LogP contribution in [0.2, 0.25) is 0 Å². The van der Waals surface area contributed by atoms with Crippen molar-refractivity contribution >= 4 is 28.2 Å². The van der Waals surface area contributed by atoms with E-state index < -0.39 is 12.3 Å². The molecule has 0 saturated carbocycles. The average molecular weight is 368 g/mol. The van der Waals surface area contributed by atoms with Crippen LogP contribution in [0.15, 0.2) is 12.5 Å². The lowest BCUT2D eigenvalue weighted by Crippen LogP contribution is -2.27. The molecule has 1 aliphatic carbocycles. The normalized spacial score (nSPS) is 13.6. The van der Waals surface area contributed by atoms with Crippen molar-refractivity contribution in [1.82, 2.24) is 14.9 Å². The molecule has 0 spiro atoms. The highest BCUT2D eigenvalue weighted by atomic mass is 32.1. The fourth-order valence-corrected chi connectivity index (χ4v) is 4.16. The van der Waals surface area contributed by atoms with Gasteiger partial charge in [-0.3, -0.25) is 9.59 Å². The molecule has 0 radical (unpaired) electrons. The Morgan fingerprint density at radius 2 is 2.12 bits per heavy atom. The molecule has 134 valence electrons. The van der Waals surface area contributed by atoms with Crippen LogP contribution in [-0.2, 0) is 31.2 Å². The second kappa shape index (κ2) is 7.30. The highest BCUT2D eigenvalue weighted by Gasteiger charge is 2.27. The second-order valence-corrected chi connectivity index (χ2v) is 6.99. The van der Waals surface area contributed by atoms with Crippen LogP contribution in [0, 0.1) is 0 Å². The van der Waals surface area contributed by atoms with Crippen LogP contribution in [0.3, 0.4) is 0 Å². The summed E-state index contributed by atoms with van der Waals surface area (Å²) < 4.78 is 27.0. The molecule has 2 N–H and O–H groups in total. The fourth-order valence-electron chi connectivity index (χ4n) is 2.87. The zero-order valence-corrected chi connectivity index (χ0v) is 14.5. The maximum atomic E-state index is 12.7. The van der Waals surface area contributed by atoms with Gasteiger partial charge >= 0.3 is 6.43 Å². The first kappa shape index (κ1) is 17.5. The van der Waals surface area contributed by atoms with E-state index in [4.69, 9.17) is 0 Å². The standard InChI is InChI=1S/C16H18F2N4O2S/c1-22-8-19-6-9(22)7-20-14(23)12-10-4-2-3-5-11(10)25-16(12)21-15(24)13(17)18/h6,8,13H,2-5,7H2,1H3,(H,20,23)(H,21,24). The van der Waals surface area contributed by atoms with E-state index >= 15 is 0 Å². The molecule has 6 nitrogen and oxygen atoms in total. The number of thiophene rings is 1. The molecular weight excluding hydrogens is 350 g/mol. The number of anilines is 1. The number of imidazole rings is 1. The molecule has 0 aromatic carbocycles. The summed E-state index contributed by atoms with van der Waals surface area (Å²) in [6.45, 7) is 0.266. The van der Waals surface area contributed by atoms with Crippen LogP contribution in [-0.4, -0.2) is 27.8 Å². The number of hydrogen-bond acceptors (Lipinski definition) is 4. The Morgan fingerprint density at radius 1 is 1.36 bits per heavy atom. The Balaban J connectivity index is 1.84. The first-order valence-corrected chi connectivity index (χ1v) is 8.76. The zero-order chi connectivity index (χ0) is 18.0. The van der Waals surface area contributed by atoms with Gasteiger partial charge in [-0.25, -0.2) is 4.98 Å². The van der Waals surface area contributed by atoms with Crippen LogP contribution in [0.4, 0.5) is 13.8 Å². The Labute approximate surface area is 147 Å². The second-order valence-electron chi connectivity index (χ2n) is 5.88. The van der Waals surface area contributed by atoms with Crippen molar-refractivity contribution in [3.8, 4) is 0 Å². The van der Waals surface area contributed by atoms with E-state index in [0.717, 1.165) is 35.4 Å². The summed E-state index contributed by atoms with van der Waals surface area (Å²) in [5, 5.41) is 5.20. The van der Waals surface area contributed by atoms with Crippen molar-refractivity contribution in [3.63, 3.8) is 0 Å². The van der Waals surface area contributed by atoms with Gasteiger partial charge in [0.05, 0.1) is 24.1 Å². The SMILES string of the molecule is Cn1cncc1CNC(=O)c1c(NC(=O)C(F)F)sc2c1CCCC2. The zero-order valence-electron chi connectivity index (χ0n) is 13.6. The van der Waals surface area contributed by atoms with Crippen LogP contribution in [0.5, 0.6) is 0 Å². The monoisotopic (exact) mass is 368 g/mol. The number of rotatable bonds is 5. The first-order valence-electron chi connectivity index (χ1n) is 7.94. The van der Waals surface area contributed by atoms with E-state index in [1.807, 2.05) is 7.05 Å². The lowest BCUT2D eigenvalue weighted by molar-refractivity contribution is -0.126. The van der Waals surface area contributed by atoms with Crippen LogP contribution in [0.1, 0.15) is 39.3 Å². The Hall–Kier alpha value is -2.29. The molecule has 0 bridgehead atoms. The molecule has 2 aromatic heterocycles. The van der Waals surface area contributed by atoms with E-state index in [1.165, 1.54) is 11.3 Å². The molecule has 3 rings (SSSR count). The minimum Gasteiger partial charge on any atom is -0.346 e. The van der Waals surface area contributed by atoms with Gasteiger partial charge in [-0.1, -0.05) is 0 Å². The molecule has 2 aromatic rings. The van der Waals surface area contributed by atoms with Crippen molar-refractivity contribution in [2.45, 2.75) is 38.7 Å². The van der Waals surface area contributed by atoms with Crippen LogP contribution in [0.25, 0.3) is 0 Å². The Bertz CT molecular complexity index is 800. The average Bonchev–Trinajstić information content (AvgIpc) is 3.15. The van der Waals surface area contributed by atoms with Gasteiger partial charge in [0.25, 0.3) is 11.8 Å². The molecule has 25 heavy (non-hydrogen) atoms. The number of alkyl halides is 2. The fraction of sp³-hybridized carbons (Fsp3) is 0.438. The molecule has 9 heteroatoms. The maximum absolute atomic E-state index is 12.7. The van der Waals surface area contributed by atoms with Crippen molar-refractivity contribution in [3.05, 3.63) is 34.2 Å². The van der Waals surface area contributed by atoms with Gasteiger partial charge in [-0.05, 0) is 31.2 Å². The van der Waals surface area contributed by atoms with Crippen molar-refractivity contribution in [2.75, 3.05) is 5.32 Å². The molecular formula is C16H18F2N4O2S. The largest absolute Gasteiger partial charge is 0.346 e. The van der Waals surface area contributed by atoms with Gasteiger partial charge in [0.15, 0.2) is 0 Å². The maximum Gasteiger partial charge on any atom is 0.315 e. The van der Waals surface area contributed by atoms with E-state index in [9.17, 15) is 18.4 Å². The summed E-state index contributed by atoms with van der Waals surface area (Å²) >= 11 is 1.22. The predicted molar refractivity (Wildman–Crippen MR) is 90.0 cm³/mol. The highest BCUT2D eigenvalue weighted by Crippen LogP contribution is 2.38. The highest BCUT2D eigenvalue weighted by molar-refractivity contribution is 7.17. The van der Waals surface area contributed by atoms with E-state index in [1.54, 1.807) is 17.1 Å². The Morgan fingerprint density at radius 3 is 2.80 bits per heavy atom. The van der Waals surface area contributed by atoms with E-state index in [0.29, 0.717) is 12.0 Å². The molecule has 0 saturated heterocycles. The third-order valence-corrected chi connectivity index (χ3v) is 5.39. The third-order valence-electron chi connectivity index (χ3n) is 4.18. The van der Waals surface area contributed by atoms with Gasteiger partial charge in [0.2, 0.25) is 0 Å². The minimum absolute atomic E-state index is 0.208. The number of aromatic nitrogens is 2. The van der Waals surface area contributed by atoms with E-state index in [-0.39, 0.29) is 17.5 Å². The first-order chi connectivity index (χ1) is 12.0.